The Balaban J connectivity index is 1.70. The van der Waals surface area contributed by atoms with E-state index in [-0.39, 0.29) is 30.6 Å². The maximum atomic E-state index is 12.0. The number of methoxy groups -OCH3 is 1. The predicted octanol–water partition coefficient (Wildman–Crippen LogP) is 1.51. The van der Waals surface area contributed by atoms with E-state index in [1.807, 2.05) is 0 Å². The van der Waals surface area contributed by atoms with Gasteiger partial charge in [0.2, 0.25) is 5.91 Å². The molecule has 5 heteroatoms. The van der Waals surface area contributed by atoms with Crippen molar-refractivity contribution >= 4 is 11.7 Å². The minimum Gasteiger partial charge on any atom is -0.497 e. The molecule has 1 aliphatic rings. The first-order valence-electron chi connectivity index (χ1n) is 7.29. The third-order valence-corrected chi connectivity index (χ3v) is 3.75. The first-order chi connectivity index (χ1) is 10.1. The highest BCUT2D eigenvalue weighted by Gasteiger charge is 2.28. The van der Waals surface area contributed by atoms with Crippen LogP contribution < -0.4 is 15.8 Å². The Morgan fingerprint density at radius 1 is 1.29 bits per heavy atom. The molecular formula is C16H22N2O3. The summed E-state index contributed by atoms with van der Waals surface area (Å²) in [7, 11) is 1.58. The number of Topliss-reactive ketones (excluding diaryl/α,β-unsaturated/α-hetero) is 1. The van der Waals surface area contributed by atoms with Gasteiger partial charge in [-0.1, -0.05) is 0 Å². The summed E-state index contributed by atoms with van der Waals surface area (Å²) in [5.74, 6) is 1.11. The molecule has 0 radical (unpaired) electrons. The molecule has 1 aromatic carbocycles. The lowest BCUT2D eigenvalue weighted by Gasteiger charge is -2.11. The van der Waals surface area contributed by atoms with E-state index in [1.54, 1.807) is 31.4 Å². The number of benzene rings is 1. The summed E-state index contributed by atoms with van der Waals surface area (Å²) in [4.78, 5) is 23.6. The minimum atomic E-state index is -0.118. The SMILES string of the molecule is COc1ccc(C(=O)CCC(=O)NCC(N)C2CC2)cc1. The number of hydrogen-bond donors (Lipinski definition) is 2. The van der Waals surface area contributed by atoms with Crippen LogP contribution in [0.4, 0.5) is 0 Å². The fourth-order valence-electron chi connectivity index (χ4n) is 2.16. The van der Waals surface area contributed by atoms with Crippen molar-refractivity contribution in [2.75, 3.05) is 13.7 Å². The smallest absolute Gasteiger partial charge is 0.220 e. The van der Waals surface area contributed by atoms with Crippen LogP contribution in [0, 0.1) is 5.92 Å². The molecule has 0 heterocycles. The molecule has 1 aromatic rings. The molecule has 1 amide bonds. The summed E-state index contributed by atoms with van der Waals surface area (Å²) in [5, 5.41) is 2.79. The van der Waals surface area contributed by atoms with Gasteiger partial charge < -0.3 is 15.8 Å². The third-order valence-electron chi connectivity index (χ3n) is 3.75. The van der Waals surface area contributed by atoms with Gasteiger partial charge in [-0.25, -0.2) is 0 Å². The van der Waals surface area contributed by atoms with Gasteiger partial charge in [-0.15, -0.1) is 0 Å². The van der Waals surface area contributed by atoms with Gasteiger partial charge in [0.15, 0.2) is 5.78 Å². The fraction of sp³-hybridized carbons (Fsp3) is 0.500. The molecule has 21 heavy (non-hydrogen) atoms. The first-order valence-corrected chi connectivity index (χ1v) is 7.29. The fourth-order valence-corrected chi connectivity index (χ4v) is 2.16. The van der Waals surface area contributed by atoms with E-state index < -0.39 is 0 Å². The summed E-state index contributed by atoms with van der Waals surface area (Å²) in [6.45, 7) is 0.500. The molecule has 1 aliphatic carbocycles. The van der Waals surface area contributed by atoms with Crippen LogP contribution in [-0.2, 0) is 4.79 Å². The normalized spacial score (nSPS) is 15.3. The van der Waals surface area contributed by atoms with Gasteiger partial charge >= 0.3 is 0 Å². The van der Waals surface area contributed by atoms with Crippen molar-refractivity contribution in [3.8, 4) is 5.75 Å². The van der Waals surface area contributed by atoms with Crippen molar-refractivity contribution in [1.29, 1.82) is 0 Å². The molecule has 0 saturated heterocycles. The van der Waals surface area contributed by atoms with Crippen LogP contribution >= 0.6 is 0 Å². The zero-order valence-electron chi connectivity index (χ0n) is 12.3. The lowest BCUT2D eigenvalue weighted by molar-refractivity contribution is -0.121. The second-order valence-corrected chi connectivity index (χ2v) is 5.46. The Hall–Kier alpha value is -1.88. The maximum Gasteiger partial charge on any atom is 0.220 e. The summed E-state index contributed by atoms with van der Waals surface area (Å²) in [5.41, 5.74) is 6.50. The zero-order valence-corrected chi connectivity index (χ0v) is 12.3. The number of amides is 1. The largest absolute Gasteiger partial charge is 0.497 e. The van der Waals surface area contributed by atoms with Crippen molar-refractivity contribution < 1.29 is 14.3 Å². The van der Waals surface area contributed by atoms with Crippen LogP contribution in [0.2, 0.25) is 0 Å². The van der Waals surface area contributed by atoms with Gasteiger partial charge in [-0.2, -0.15) is 0 Å². The number of ether oxygens (including phenoxy) is 1. The molecule has 1 fully saturated rings. The van der Waals surface area contributed by atoms with E-state index >= 15 is 0 Å². The molecular weight excluding hydrogens is 268 g/mol. The number of nitrogens with one attached hydrogen (secondary N) is 1. The summed E-state index contributed by atoms with van der Waals surface area (Å²) >= 11 is 0. The van der Waals surface area contributed by atoms with Gasteiger partial charge in [-0.05, 0) is 43.0 Å². The van der Waals surface area contributed by atoms with Crippen LogP contribution in [0.15, 0.2) is 24.3 Å². The number of carbonyl (C=O) groups is 2. The number of carbonyl (C=O) groups excluding carboxylic acids is 2. The van der Waals surface area contributed by atoms with Gasteiger partial charge in [0.05, 0.1) is 7.11 Å². The van der Waals surface area contributed by atoms with E-state index in [9.17, 15) is 9.59 Å². The monoisotopic (exact) mass is 290 g/mol. The Morgan fingerprint density at radius 2 is 1.95 bits per heavy atom. The standard InChI is InChI=1S/C16H22N2O3/c1-21-13-6-4-12(5-7-13)15(19)8-9-16(20)18-10-14(17)11-2-3-11/h4-7,11,14H,2-3,8-10,17H2,1H3,(H,18,20). The number of hydrogen-bond acceptors (Lipinski definition) is 4. The summed E-state index contributed by atoms with van der Waals surface area (Å²) in [6.07, 6.45) is 2.72. The van der Waals surface area contributed by atoms with Crippen molar-refractivity contribution in [2.24, 2.45) is 11.7 Å². The number of rotatable bonds is 8. The van der Waals surface area contributed by atoms with E-state index in [2.05, 4.69) is 5.32 Å². The van der Waals surface area contributed by atoms with Crippen molar-refractivity contribution in [1.82, 2.24) is 5.32 Å². The molecule has 0 spiro atoms. The zero-order chi connectivity index (χ0) is 15.2. The third kappa shape index (κ3) is 4.86. The topological polar surface area (TPSA) is 81.4 Å². The van der Waals surface area contributed by atoms with Gasteiger partial charge in [-0.3, -0.25) is 9.59 Å². The lowest BCUT2D eigenvalue weighted by Crippen LogP contribution is -2.38. The van der Waals surface area contributed by atoms with Crippen LogP contribution in [0.3, 0.4) is 0 Å². The Labute approximate surface area is 124 Å². The van der Waals surface area contributed by atoms with Crippen molar-refractivity contribution in [3.05, 3.63) is 29.8 Å². The Kier molecular flexibility index (Phi) is 5.33. The molecule has 1 atom stereocenters. The first kappa shape index (κ1) is 15.5. The van der Waals surface area contributed by atoms with E-state index in [0.29, 0.717) is 23.8 Å². The van der Waals surface area contributed by atoms with Crippen molar-refractivity contribution in [2.45, 2.75) is 31.7 Å². The van der Waals surface area contributed by atoms with Crippen LogP contribution in [-0.4, -0.2) is 31.4 Å². The number of ketones is 1. The molecule has 2 rings (SSSR count). The average molecular weight is 290 g/mol. The Morgan fingerprint density at radius 3 is 2.52 bits per heavy atom. The molecule has 0 aromatic heterocycles. The maximum absolute atomic E-state index is 12.0. The second kappa shape index (κ2) is 7.22. The summed E-state index contributed by atoms with van der Waals surface area (Å²) < 4.78 is 5.04. The van der Waals surface area contributed by atoms with Gasteiger partial charge in [0.1, 0.15) is 5.75 Å². The highest BCUT2D eigenvalue weighted by Crippen LogP contribution is 2.31. The van der Waals surface area contributed by atoms with Gasteiger partial charge in [0, 0.05) is 31.0 Å². The van der Waals surface area contributed by atoms with E-state index in [0.717, 1.165) is 12.8 Å². The number of nitrogens with two attached hydrogens (primary N) is 1. The van der Waals surface area contributed by atoms with Crippen molar-refractivity contribution in [3.63, 3.8) is 0 Å². The lowest BCUT2D eigenvalue weighted by atomic mass is 10.1. The molecule has 0 bridgehead atoms. The predicted molar refractivity (Wildman–Crippen MR) is 80.3 cm³/mol. The molecule has 114 valence electrons. The second-order valence-electron chi connectivity index (χ2n) is 5.46. The molecule has 3 N–H and O–H groups in total. The highest BCUT2D eigenvalue weighted by atomic mass is 16.5. The van der Waals surface area contributed by atoms with E-state index in [1.165, 1.54) is 0 Å². The van der Waals surface area contributed by atoms with Crippen LogP contribution in [0.25, 0.3) is 0 Å². The highest BCUT2D eigenvalue weighted by molar-refractivity contribution is 5.98. The minimum absolute atomic E-state index is 0.0423. The van der Waals surface area contributed by atoms with Gasteiger partial charge in [0.25, 0.3) is 0 Å². The molecule has 1 saturated carbocycles. The quantitative estimate of drug-likeness (QED) is 0.711. The van der Waals surface area contributed by atoms with E-state index in [4.69, 9.17) is 10.5 Å². The average Bonchev–Trinajstić information content (AvgIpc) is 3.35. The van der Waals surface area contributed by atoms with Crippen LogP contribution in [0.1, 0.15) is 36.0 Å². The summed E-state index contributed by atoms with van der Waals surface area (Å²) in [6, 6.07) is 6.94. The Bertz CT molecular complexity index is 495. The molecule has 1 unspecified atom stereocenters. The van der Waals surface area contributed by atoms with Crippen LogP contribution in [0.5, 0.6) is 5.75 Å². The molecule has 5 nitrogen and oxygen atoms in total. The molecule has 0 aliphatic heterocycles.